The van der Waals surface area contributed by atoms with Crippen LogP contribution in [0.1, 0.15) is 21.5 Å². The van der Waals surface area contributed by atoms with Crippen LogP contribution in [0.25, 0.3) is 0 Å². The van der Waals surface area contributed by atoms with E-state index in [-0.39, 0.29) is 22.0 Å². The van der Waals surface area contributed by atoms with Crippen LogP contribution in [0.3, 0.4) is 0 Å². The molecule has 0 saturated carbocycles. The molecule has 0 atom stereocenters. The lowest BCUT2D eigenvalue weighted by Gasteiger charge is -2.04. The second-order valence-electron chi connectivity index (χ2n) is 4.57. The molecule has 100 valence electrons. The average molecular weight is 290 g/mol. The number of nitrogens with zero attached hydrogens (tertiary/aromatic N) is 1. The Morgan fingerprint density at radius 3 is 2.60 bits per heavy atom. The zero-order chi connectivity index (χ0) is 14.4. The van der Waals surface area contributed by atoms with E-state index < -0.39 is 11.6 Å². The predicted octanol–water partition coefficient (Wildman–Crippen LogP) is 3.61. The van der Waals surface area contributed by atoms with Crippen molar-refractivity contribution in [2.75, 3.05) is 0 Å². The molecule has 5 heteroatoms. The number of ketones is 1. The van der Waals surface area contributed by atoms with Crippen LogP contribution in [-0.2, 0) is 0 Å². The summed E-state index contributed by atoms with van der Waals surface area (Å²) in [6.45, 7) is 1.79. The van der Waals surface area contributed by atoms with E-state index in [9.17, 15) is 14.4 Å². The fourth-order valence-electron chi connectivity index (χ4n) is 2.35. The number of carbonyl (C=O) groups is 1. The Morgan fingerprint density at radius 2 is 1.90 bits per heavy atom. The zero-order valence-electron chi connectivity index (χ0n) is 10.5. The third-order valence-electron chi connectivity index (χ3n) is 3.29. The molecule has 2 aromatic carbocycles. The van der Waals surface area contributed by atoms with E-state index >= 15 is 0 Å². The highest BCUT2D eigenvalue weighted by atomic mass is 35.5. The van der Waals surface area contributed by atoms with Gasteiger partial charge in [0.2, 0.25) is 0 Å². The summed E-state index contributed by atoms with van der Waals surface area (Å²) in [5.74, 6) is -1.30. The van der Waals surface area contributed by atoms with Crippen molar-refractivity contribution < 1.29 is 13.9 Å². The maximum Gasteiger partial charge on any atom is 0.273 e. The third kappa shape index (κ3) is 1.72. The van der Waals surface area contributed by atoms with E-state index in [2.05, 4.69) is 0 Å². The van der Waals surface area contributed by atoms with E-state index in [0.717, 1.165) is 11.6 Å². The molecule has 0 spiro atoms. The lowest BCUT2D eigenvalue weighted by molar-refractivity contribution is -0.358. The second kappa shape index (κ2) is 4.42. The first-order valence-electron chi connectivity index (χ1n) is 5.94. The molecule has 1 aliphatic heterocycles. The fraction of sp³-hybridized carbons (Fsp3) is 0.0667. The number of benzene rings is 2. The van der Waals surface area contributed by atoms with Crippen LogP contribution in [0.15, 0.2) is 36.4 Å². The monoisotopic (exact) mass is 289 g/mol. The van der Waals surface area contributed by atoms with Crippen LogP contribution >= 0.6 is 11.6 Å². The quantitative estimate of drug-likeness (QED) is 0.594. The van der Waals surface area contributed by atoms with E-state index in [0.29, 0.717) is 10.3 Å². The summed E-state index contributed by atoms with van der Waals surface area (Å²) in [6.07, 6.45) is 0. The molecular weight excluding hydrogens is 281 g/mol. The molecule has 2 aromatic rings. The van der Waals surface area contributed by atoms with Crippen LogP contribution in [0, 0.1) is 17.9 Å². The number of hydrogen-bond donors (Lipinski definition) is 0. The number of Topliss-reactive ketones (excluding diaryl/α,β-unsaturated/α-hetero) is 1. The van der Waals surface area contributed by atoms with Crippen LogP contribution in [0.5, 0.6) is 0 Å². The number of aryl methyl sites for hydroxylation is 1. The van der Waals surface area contributed by atoms with Gasteiger partial charge in [0, 0.05) is 5.02 Å². The molecule has 0 unspecified atom stereocenters. The van der Waals surface area contributed by atoms with Gasteiger partial charge in [-0.05, 0) is 30.7 Å². The lowest BCUT2D eigenvalue weighted by atomic mass is 9.99. The first kappa shape index (κ1) is 12.8. The first-order valence-corrected chi connectivity index (χ1v) is 6.32. The van der Waals surface area contributed by atoms with Crippen LogP contribution in [0.4, 0.5) is 10.1 Å². The molecule has 1 heterocycles. The van der Waals surface area contributed by atoms with Gasteiger partial charge in [0.25, 0.3) is 17.2 Å². The number of rotatable bonds is 1. The van der Waals surface area contributed by atoms with Gasteiger partial charge in [-0.3, -0.25) is 4.79 Å². The van der Waals surface area contributed by atoms with Gasteiger partial charge in [-0.15, -0.1) is 0 Å². The Morgan fingerprint density at radius 1 is 1.20 bits per heavy atom. The summed E-state index contributed by atoms with van der Waals surface area (Å²) < 4.78 is 14.2. The van der Waals surface area contributed by atoms with Gasteiger partial charge in [-0.1, -0.05) is 29.8 Å². The van der Waals surface area contributed by atoms with Gasteiger partial charge in [-0.2, -0.15) is 9.13 Å². The maximum atomic E-state index is 13.9. The van der Waals surface area contributed by atoms with Crippen molar-refractivity contribution in [2.24, 2.45) is 0 Å². The number of fused-ring (bicyclic) bond motifs is 1. The topological polar surface area (TPSA) is 43.1 Å². The molecule has 3 rings (SSSR count). The minimum atomic E-state index is -0.792. The predicted molar refractivity (Wildman–Crippen MR) is 74.3 cm³/mol. The molecule has 0 aliphatic carbocycles. The molecule has 0 bridgehead atoms. The fourth-order valence-corrected chi connectivity index (χ4v) is 2.55. The minimum Gasteiger partial charge on any atom is -0.618 e. The van der Waals surface area contributed by atoms with Gasteiger partial charge in [0.15, 0.2) is 5.82 Å². The van der Waals surface area contributed by atoms with Crippen molar-refractivity contribution in [1.82, 2.24) is 0 Å². The minimum absolute atomic E-state index is 0.00301. The SMILES string of the molecule is Cc1ccccc1C1=[N+]([O-])c2c(F)cc(Cl)cc2C1=O. The second-order valence-corrected chi connectivity index (χ2v) is 5.01. The summed E-state index contributed by atoms with van der Waals surface area (Å²) in [5.41, 5.74) is 0.940. The molecule has 0 amide bonds. The summed E-state index contributed by atoms with van der Waals surface area (Å²) >= 11 is 5.74. The van der Waals surface area contributed by atoms with Crippen molar-refractivity contribution in [3.63, 3.8) is 0 Å². The highest BCUT2D eigenvalue weighted by Crippen LogP contribution is 2.33. The van der Waals surface area contributed by atoms with Crippen molar-refractivity contribution in [2.45, 2.75) is 6.92 Å². The Kier molecular flexibility index (Phi) is 2.83. The van der Waals surface area contributed by atoms with E-state index in [1.807, 2.05) is 0 Å². The highest BCUT2D eigenvalue weighted by Gasteiger charge is 2.39. The van der Waals surface area contributed by atoms with Gasteiger partial charge >= 0.3 is 0 Å². The summed E-state index contributed by atoms with van der Waals surface area (Å²) in [7, 11) is 0. The van der Waals surface area contributed by atoms with Crippen molar-refractivity contribution >= 4 is 28.8 Å². The smallest absolute Gasteiger partial charge is 0.273 e. The average Bonchev–Trinajstić information content (AvgIpc) is 2.63. The largest absolute Gasteiger partial charge is 0.618 e. The Balaban J connectivity index is 2.29. The molecule has 0 N–H and O–H groups in total. The van der Waals surface area contributed by atoms with E-state index in [4.69, 9.17) is 11.6 Å². The molecule has 0 fully saturated rings. The summed E-state index contributed by atoms with van der Waals surface area (Å²) in [5, 5.41) is 12.4. The molecule has 1 aliphatic rings. The molecule has 0 aromatic heterocycles. The zero-order valence-corrected chi connectivity index (χ0v) is 11.2. The molecule has 0 saturated heterocycles. The van der Waals surface area contributed by atoms with Gasteiger partial charge < -0.3 is 5.21 Å². The number of hydrogen-bond acceptors (Lipinski definition) is 2. The van der Waals surface area contributed by atoms with Gasteiger partial charge in [0.1, 0.15) is 5.56 Å². The Bertz CT molecular complexity index is 783. The van der Waals surface area contributed by atoms with Crippen LogP contribution in [0.2, 0.25) is 5.02 Å². The van der Waals surface area contributed by atoms with E-state index in [1.54, 1.807) is 31.2 Å². The van der Waals surface area contributed by atoms with Crippen molar-refractivity contribution in [3.05, 3.63) is 69.1 Å². The molecule has 0 radical (unpaired) electrons. The van der Waals surface area contributed by atoms with Gasteiger partial charge in [0.05, 0.1) is 5.56 Å². The molecule has 20 heavy (non-hydrogen) atoms. The third-order valence-corrected chi connectivity index (χ3v) is 3.51. The normalized spacial score (nSPS) is 13.8. The summed E-state index contributed by atoms with van der Waals surface area (Å²) in [6, 6.07) is 9.33. The first-order chi connectivity index (χ1) is 9.50. The highest BCUT2D eigenvalue weighted by molar-refractivity contribution is 6.52. The Hall–Kier alpha value is -2.20. The molecular formula is C15H9ClFNO2. The molecule has 3 nitrogen and oxygen atoms in total. The number of carbonyl (C=O) groups excluding carboxylic acids is 1. The number of halogens is 2. The maximum absolute atomic E-state index is 13.9. The lowest BCUT2D eigenvalue weighted by Crippen LogP contribution is -2.17. The van der Waals surface area contributed by atoms with Crippen LogP contribution < -0.4 is 0 Å². The van der Waals surface area contributed by atoms with Crippen LogP contribution in [-0.4, -0.2) is 16.2 Å². The van der Waals surface area contributed by atoms with Crippen molar-refractivity contribution in [3.8, 4) is 0 Å². The summed E-state index contributed by atoms with van der Waals surface area (Å²) in [4.78, 5) is 12.4. The Labute approximate surface area is 119 Å². The van der Waals surface area contributed by atoms with Gasteiger partial charge in [-0.25, -0.2) is 0 Å². The standard InChI is InChI=1S/C15H9ClFNO2/c1-8-4-2-3-5-10(8)14-15(19)11-6-9(16)7-12(17)13(11)18(14)20/h2-7H,1H3. The van der Waals surface area contributed by atoms with Crippen molar-refractivity contribution in [1.29, 1.82) is 0 Å². The van der Waals surface area contributed by atoms with E-state index in [1.165, 1.54) is 6.07 Å².